The Balaban J connectivity index is 2.37. The Morgan fingerprint density at radius 3 is 2.83 bits per heavy atom. The van der Waals surface area contributed by atoms with Gasteiger partial charge in [0.05, 0.1) is 5.69 Å². The third kappa shape index (κ3) is 2.50. The predicted octanol–water partition coefficient (Wildman–Crippen LogP) is 0.771. The Morgan fingerprint density at radius 1 is 1.50 bits per heavy atom. The SMILES string of the molecule is CN(OS(=O)O)c1ccc2cc(C(N)=O)[nH]c2c1. The first-order valence-corrected chi connectivity index (χ1v) is 5.96. The first kappa shape index (κ1) is 12.6. The van der Waals surface area contributed by atoms with Crippen molar-refractivity contribution < 1.29 is 17.8 Å². The number of nitrogens with one attached hydrogen (secondary N) is 1. The average Bonchev–Trinajstić information content (AvgIpc) is 2.70. The van der Waals surface area contributed by atoms with Gasteiger partial charge in [0.25, 0.3) is 5.91 Å². The van der Waals surface area contributed by atoms with Crippen LogP contribution in [0.1, 0.15) is 10.5 Å². The van der Waals surface area contributed by atoms with Crippen molar-refractivity contribution in [1.29, 1.82) is 0 Å². The Bertz CT molecular complexity index is 625. The highest BCUT2D eigenvalue weighted by Gasteiger charge is 2.09. The molecular weight excluding hydrogens is 258 g/mol. The number of rotatable bonds is 4. The van der Waals surface area contributed by atoms with E-state index in [1.165, 1.54) is 7.05 Å². The van der Waals surface area contributed by atoms with Gasteiger partial charge in [-0.1, -0.05) is 6.07 Å². The van der Waals surface area contributed by atoms with Crippen LogP contribution in [0.2, 0.25) is 0 Å². The molecule has 1 amide bonds. The molecule has 1 heterocycles. The number of fused-ring (bicyclic) bond motifs is 1. The average molecular weight is 269 g/mol. The molecule has 18 heavy (non-hydrogen) atoms. The molecule has 1 aromatic carbocycles. The lowest BCUT2D eigenvalue weighted by Gasteiger charge is -2.14. The van der Waals surface area contributed by atoms with Crippen molar-refractivity contribution in [2.24, 2.45) is 5.73 Å². The van der Waals surface area contributed by atoms with E-state index in [0.717, 1.165) is 10.4 Å². The van der Waals surface area contributed by atoms with Gasteiger partial charge in [0.2, 0.25) is 0 Å². The van der Waals surface area contributed by atoms with Crippen molar-refractivity contribution in [2.75, 3.05) is 12.1 Å². The zero-order valence-electron chi connectivity index (χ0n) is 9.41. The number of H-pyrrole nitrogens is 1. The maximum atomic E-state index is 11.0. The van der Waals surface area contributed by atoms with Crippen LogP contribution in [-0.2, 0) is 15.6 Å². The van der Waals surface area contributed by atoms with Gasteiger partial charge in [-0.05, 0) is 18.2 Å². The standard InChI is InChI=1S/C10H11N3O4S/c1-13(17-18(15)16)7-3-2-6-4-9(10(11)14)12-8(6)5-7/h2-5,12H,1H3,(H2,11,14)(H,15,16). The van der Waals surface area contributed by atoms with Gasteiger partial charge in [-0.3, -0.25) is 9.35 Å². The van der Waals surface area contributed by atoms with Crippen LogP contribution < -0.4 is 10.8 Å². The van der Waals surface area contributed by atoms with Gasteiger partial charge in [-0.15, -0.1) is 4.28 Å². The highest BCUT2D eigenvalue weighted by atomic mass is 32.2. The molecule has 1 atom stereocenters. The van der Waals surface area contributed by atoms with Gasteiger partial charge in [-0.2, -0.15) is 4.21 Å². The molecule has 0 bridgehead atoms. The maximum Gasteiger partial charge on any atom is 0.325 e. The normalized spacial score (nSPS) is 12.6. The van der Waals surface area contributed by atoms with Crippen molar-refractivity contribution in [3.8, 4) is 0 Å². The first-order chi connectivity index (χ1) is 8.47. The number of carbonyl (C=O) groups is 1. The van der Waals surface area contributed by atoms with Crippen molar-refractivity contribution >= 4 is 33.9 Å². The van der Waals surface area contributed by atoms with Crippen LogP contribution >= 0.6 is 0 Å². The van der Waals surface area contributed by atoms with E-state index in [-0.39, 0.29) is 0 Å². The monoisotopic (exact) mass is 269 g/mol. The second-order valence-corrected chi connectivity index (χ2v) is 4.19. The minimum absolute atomic E-state index is 0.302. The van der Waals surface area contributed by atoms with Crippen LogP contribution in [0.15, 0.2) is 24.3 Å². The van der Waals surface area contributed by atoms with Crippen LogP contribution in [0.25, 0.3) is 10.9 Å². The van der Waals surface area contributed by atoms with Crippen molar-refractivity contribution in [1.82, 2.24) is 4.98 Å². The molecule has 1 unspecified atom stereocenters. The van der Waals surface area contributed by atoms with E-state index in [4.69, 9.17) is 10.3 Å². The number of aromatic nitrogens is 1. The molecule has 0 spiro atoms. The van der Waals surface area contributed by atoms with E-state index in [1.807, 2.05) is 0 Å². The van der Waals surface area contributed by atoms with Gasteiger partial charge in [0.1, 0.15) is 5.69 Å². The third-order valence-electron chi connectivity index (χ3n) is 2.41. The Hall–Kier alpha value is -1.90. The minimum atomic E-state index is -2.39. The van der Waals surface area contributed by atoms with Crippen molar-refractivity contribution in [3.63, 3.8) is 0 Å². The van der Waals surface area contributed by atoms with E-state index in [0.29, 0.717) is 16.9 Å². The molecule has 2 aromatic rings. The third-order valence-corrected chi connectivity index (χ3v) is 2.76. The highest BCUT2D eigenvalue weighted by molar-refractivity contribution is 7.74. The number of hydrogen-bond donors (Lipinski definition) is 3. The number of amides is 1. The molecule has 2 rings (SSSR count). The first-order valence-electron chi connectivity index (χ1n) is 4.93. The molecule has 0 aliphatic carbocycles. The van der Waals surface area contributed by atoms with Crippen LogP contribution in [0, 0.1) is 0 Å². The molecular formula is C10H11N3O4S. The second kappa shape index (κ2) is 4.77. The molecule has 8 heteroatoms. The zero-order chi connectivity index (χ0) is 13.3. The number of nitrogens with two attached hydrogens (primary N) is 1. The molecule has 0 fully saturated rings. The van der Waals surface area contributed by atoms with E-state index < -0.39 is 17.3 Å². The quantitative estimate of drug-likeness (QED) is 0.561. The molecule has 1 aromatic heterocycles. The summed E-state index contributed by atoms with van der Waals surface area (Å²) in [5, 5.41) is 1.96. The van der Waals surface area contributed by atoms with E-state index >= 15 is 0 Å². The van der Waals surface area contributed by atoms with Crippen molar-refractivity contribution in [2.45, 2.75) is 0 Å². The summed E-state index contributed by atoms with van der Waals surface area (Å²) in [6.07, 6.45) is 0. The summed E-state index contributed by atoms with van der Waals surface area (Å²) in [5.41, 5.74) is 6.70. The molecule has 96 valence electrons. The van der Waals surface area contributed by atoms with Crippen LogP contribution in [-0.4, -0.2) is 26.7 Å². The van der Waals surface area contributed by atoms with E-state index in [9.17, 15) is 9.00 Å². The fourth-order valence-corrected chi connectivity index (χ4v) is 1.86. The maximum absolute atomic E-state index is 11.0. The van der Waals surface area contributed by atoms with Gasteiger partial charge in [0.15, 0.2) is 0 Å². The summed E-state index contributed by atoms with van der Waals surface area (Å²) in [7, 11) is 1.49. The zero-order valence-corrected chi connectivity index (χ0v) is 10.2. The summed E-state index contributed by atoms with van der Waals surface area (Å²) >= 11 is -2.39. The minimum Gasteiger partial charge on any atom is -0.364 e. The molecule has 0 radical (unpaired) electrons. The number of nitrogens with zero attached hydrogens (tertiary/aromatic N) is 1. The summed E-state index contributed by atoms with van der Waals surface area (Å²) in [4.78, 5) is 13.9. The second-order valence-electron chi connectivity index (χ2n) is 3.61. The number of anilines is 1. The molecule has 7 nitrogen and oxygen atoms in total. The lowest BCUT2D eigenvalue weighted by atomic mass is 10.2. The predicted molar refractivity (Wildman–Crippen MR) is 67.1 cm³/mol. The number of aromatic amines is 1. The van der Waals surface area contributed by atoms with Gasteiger partial charge in [0, 0.05) is 18.0 Å². The van der Waals surface area contributed by atoms with Crippen LogP contribution in [0.4, 0.5) is 5.69 Å². The van der Waals surface area contributed by atoms with Gasteiger partial charge >= 0.3 is 11.4 Å². The summed E-state index contributed by atoms with van der Waals surface area (Å²) in [6, 6.07) is 6.74. The molecule has 4 N–H and O–H groups in total. The summed E-state index contributed by atoms with van der Waals surface area (Å²) in [6.45, 7) is 0. The number of carbonyl (C=O) groups excluding carboxylic acids is 1. The smallest absolute Gasteiger partial charge is 0.325 e. The number of primary amides is 1. The van der Waals surface area contributed by atoms with Crippen LogP contribution in [0.5, 0.6) is 0 Å². The lowest BCUT2D eigenvalue weighted by molar-refractivity contribution is 0.0996. The number of benzene rings is 1. The fraction of sp³-hybridized carbons (Fsp3) is 0.100. The van der Waals surface area contributed by atoms with Gasteiger partial charge < -0.3 is 10.7 Å². The van der Waals surface area contributed by atoms with Gasteiger partial charge in [-0.25, -0.2) is 5.06 Å². The molecule has 0 saturated heterocycles. The number of hydrogen-bond acceptors (Lipinski definition) is 4. The van der Waals surface area contributed by atoms with Crippen LogP contribution in [0.3, 0.4) is 0 Å². The molecule has 0 aliphatic heterocycles. The highest BCUT2D eigenvalue weighted by Crippen LogP contribution is 2.22. The van der Waals surface area contributed by atoms with E-state index in [1.54, 1.807) is 24.3 Å². The Labute approximate surface area is 105 Å². The largest absolute Gasteiger partial charge is 0.364 e. The summed E-state index contributed by atoms with van der Waals surface area (Å²) in [5.74, 6) is -0.547. The van der Waals surface area contributed by atoms with Crippen molar-refractivity contribution in [3.05, 3.63) is 30.0 Å². The fourth-order valence-electron chi connectivity index (χ4n) is 1.58. The van der Waals surface area contributed by atoms with E-state index in [2.05, 4.69) is 9.27 Å². The molecule has 0 aliphatic rings. The Morgan fingerprint density at radius 2 is 2.22 bits per heavy atom. The topological polar surface area (TPSA) is 109 Å². The number of hydroxylamine groups is 1. The Kier molecular flexibility index (Phi) is 3.32. The summed E-state index contributed by atoms with van der Waals surface area (Å²) < 4.78 is 23.7. The molecule has 0 saturated carbocycles. The lowest BCUT2D eigenvalue weighted by Crippen LogP contribution is -2.18.